The summed E-state index contributed by atoms with van der Waals surface area (Å²) in [6.45, 7) is 8.77. The monoisotopic (exact) mass is 661 g/mol. The summed E-state index contributed by atoms with van der Waals surface area (Å²) in [5, 5.41) is 31.9. The Kier molecular flexibility index (Phi) is 16.4. The number of aliphatic hydroxyl groups excluding tert-OH is 2. The first-order valence-corrected chi connectivity index (χ1v) is 16.0. The average Bonchev–Trinajstić information content (AvgIpc) is 3.04. The van der Waals surface area contributed by atoms with E-state index in [1.54, 1.807) is 89.5 Å². The first-order valence-electron chi connectivity index (χ1n) is 16.0. The molecule has 13 heteroatoms. The molecule has 2 aromatic rings. The number of carbonyl (C=O) groups excluding carboxylic acids is 4. The summed E-state index contributed by atoms with van der Waals surface area (Å²) in [6, 6.07) is 8.81. The number of hydrogen-bond acceptors (Lipinski definition) is 7. The molecule has 0 bridgehead atoms. The predicted octanol–water partition coefficient (Wildman–Crippen LogP) is 2.50. The Morgan fingerprint density at radius 1 is 0.787 bits per heavy atom. The van der Waals surface area contributed by atoms with Crippen LogP contribution in [0, 0.1) is 17.8 Å². The maximum absolute atomic E-state index is 13.5. The maximum atomic E-state index is 13.5. The van der Waals surface area contributed by atoms with Crippen molar-refractivity contribution < 1.29 is 38.2 Å². The summed E-state index contributed by atoms with van der Waals surface area (Å²) in [4.78, 5) is 55.9. The van der Waals surface area contributed by atoms with Gasteiger partial charge in [0.15, 0.2) is 0 Å². The Balaban J connectivity index is 2.16. The fourth-order valence-corrected chi connectivity index (χ4v) is 4.85. The van der Waals surface area contributed by atoms with Gasteiger partial charge in [0.25, 0.3) is 0 Å². The summed E-state index contributed by atoms with van der Waals surface area (Å²) in [5.74, 6) is -4.30. The summed E-state index contributed by atoms with van der Waals surface area (Å²) in [5.41, 5.74) is 1.56. The van der Waals surface area contributed by atoms with Crippen molar-refractivity contribution in [3.05, 3.63) is 66.0 Å². The lowest BCUT2D eigenvalue weighted by molar-refractivity contribution is -0.137. The van der Waals surface area contributed by atoms with Crippen molar-refractivity contribution in [2.45, 2.75) is 104 Å². The molecule has 0 saturated carbocycles. The highest BCUT2D eigenvalue weighted by molar-refractivity contribution is 5.90. The second-order valence-electron chi connectivity index (χ2n) is 12.3. The first kappa shape index (κ1) is 39.2. The summed E-state index contributed by atoms with van der Waals surface area (Å²) in [6.07, 6.45) is -3.12. The van der Waals surface area contributed by atoms with Gasteiger partial charge in [-0.1, -0.05) is 71.4 Å². The summed E-state index contributed by atoms with van der Waals surface area (Å²) >= 11 is 0. The molecule has 47 heavy (non-hydrogen) atoms. The van der Waals surface area contributed by atoms with Gasteiger partial charge in [0.05, 0.1) is 12.1 Å². The van der Waals surface area contributed by atoms with Crippen LogP contribution in [0.1, 0.15) is 65.0 Å². The van der Waals surface area contributed by atoms with Crippen LogP contribution in [0.5, 0.6) is 0 Å². The normalized spacial score (nSPS) is 15.9. The number of alkyl halides is 2. The number of rotatable bonds is 19. The number of pyridine rings is 1. The van der Waals surface area contributed by atoms with Gasteiger partial charge in [-0.25, -0.2) is 8.78 Å². The Hall–Kier alpha value is -3.97. The minimum absolute atomic E-state index is 0.0962. The van der Waals surface area contributed by atoms with E-state index in [1.807, 2.05) is 0 Å². The SMILES string of the molecule is CC[C@H](C)[C@H](O)C(=O)N[C@@H](CC(F)F)C(=O)N[C@@H](Cc1ccccc1)[C@@H](O)C[C@@H](C)C(=O)N[C@H](C(=O)NCc1ccncc1)C(C)C. The third-order valence-corrected chi connectivity index (χ3v) is 8.09. The third kappa shape index (κ3) is 13.3. The number of hydrogen-bond donors (Lipinski definition) is 6. The molecule has 0 radical (unpaired) electrons. The topological polar surface area (TPSA) is 170 Å². The smallest absolute Gasteiger partial charge is 0.249 e. The van der Waals surface area contributed by atoms with Crippen LogP contribution in [0.4, 0.5) is 8.78 Å². The Bertz CT molecular complexity index is 1270. The van der Waals surface area contributed by atoms with Crippen LogP contribution in [-0.2, 0) is 32.1 Å². The van der Waals surface area contributed by atoms with E-state index in [1.165, 1.54) is 0 Å². The fourth-order valence-electron chi connectivity index (χ4n) is 4.85. The van der Waals surface area contributed by atoms with Gasteiger partial charge in [-0.2, -0.15) is 0 Å². The van der Waals surface area contributed by atoms with E-state index in [0.29, 0.717) is 6.42 Å². The zero-order chi connectivity index (χ0) is 35.1. The van der Waals surface area contributed by atoms with E-state index in [4.69, 9.17) is 0 Å². The van der Waals surface area contributed by atoms with E-state index >= 15 is 0 Å². The summed E-state index contributed by atoms with van der Waals surface area (Å²) < 4.78 is 26.9. The maximum Gasteiger partial charge on any atom is 0.249 e. The largest absolute Gasteiger partial charge is 0.391 e. The van der Waals surface area contributed by atoms with Crippen molar-refractivity contribution in [2.75, 3.05) is 0 Å². The molecule has 2 rings (SSSR count). The quantitative estimate of drug-likeness (QED) is 0.134. The molecule has 0 fully saturated rings. The lowest BCUT2D eigenvalue weighted by atomic mass is 9.92. The van der Waals surface area contributed by atoms with Crippen LogP contribution in [-0.4, -0.2) is 75.6 Å². The number of aromatic nitrogens is 1. The number of carbonyl (C=O) groups is 4. The molecule has 0 saturated heterocycles. The number of nitrogens with zero attached hydrogens (tertiary/aromatic N) is 1. The number of nitrogens with one attached hydrogen (secondary N) is 4. The van der Waals surface area contributed by atoms with E-state index in [9.17, 15) is 38.2 Å². The highest BCUT2D eigenvalue weighted by atomic mass is 19.3. The zero-order valence-electron chi connectivity index (χ0n) is 27.7. The third-order valence-electron chi connectivity index (χ3n) is 8.09. The average molecular weight is 662 g/mol. The molecule has 0 aliphatic rings. The van der Waals surface area contributed by atoms with Crippen molar-refractivity contribution in [3.8, 4) is 0 Å². The molecule has 7 atom stereocenters. The molecule has 0 unspecified atom stereocenters. The lowest BCUT2D eigenvalue weighted by Gasteiger charge is -2.29. The van der Waals surface area contributed by atoms with Crippen LogP contribution >= 0.6 is 0 Å². The van der Waals surface area contributed by atoms with Crippen LogP contribution in [0.25, 0.3) is 0 Å². The van der Waals surface area contributed by atoms with Gasteiger partial charge in [-0.3, -0.25) is 24.2 Å². The standard InChI is InChI=1S/C34H49F2N5O6/c1-6-21(4)30(43)34(47)40-26(18-28(35)36)32(45)39-25(17-23-10-8-7-9-11-23)27(42)16-22(5)31(44)41-29(20(2)3)33(46)38-19-24-12-14-37-15-13-24/h7-15,20-22,25-30,42-43H,6,16-19H2,1-5H3,(H,38,46)(H,39,45)(H,40,47)(H,41,44)/t21-,22+,25-,26-,27-,29-,30-/m0/s1. The molecular weight excluding hydrogens is 612 g/mol. The van der Waals surface area contributed by atoms with E-state index < -0.39 is 72.7 Å². The molecular formula is C34H49F2N5O6. The fraction of sp³-hybridized carbons (Fsp3) is 0.559. The lowest BCUT2D eigenvalue weighted by Crippen LogP contribution is -2.56. The van der Waals surface area contributed by atoms with Crippen LogP contribution in [0.15, 0.2) is 54.9 Å². The van der Waals surface area contributed by atoms with Gasteiger partial charge < -0.3 is 31.5 Å². The first-order chi connectivity index (χ1) is 22.2. The van der Waals surface area contributed by atoms with Crippen molar-refractivity contribution in [1.82, 2.24) is 26.3 Å². The Labute approximate surface area is 275 Å². The molecule has 0 aliphatic carbocycles. The highest BCUT2D eigenvalue weighted by Gasteiger charge is 2.33. The van der Waals surface area contributed by atoms with Crippen molar-refractivity contribution in [3.63, 3.8) is 0 Å². The van der Waals surface area contributed by atoms with Gasteiger partial charge in [-0.15, -0.1) is 0 Å². The minimum Gasteiger partial charge on any atom is -0.391 e. The van der Waals surface area contributed by atoms with Gasteiger partial charge in [-0.05, 0) is 47.9 Å². The molecule has 0 spiro atoms. The molecule has 0 aliphatic heterocycles. The number of aliphatic hydroxyl groups is 2. The zero-order valence-corrected chi connectivity index (χ0v) is 27.7. The minimum atomic E-state index is -2.94. The van der Waals surface area contributed by atoms with Gasteiger partial charge >= 0.3 is 0 Å². The van der Waals surface area contributed by atoms with Gasteiger partial charge in [0, 0.05) is 31.3 Å². The Morgan fingerprint density at radius 3 is 2.00 bits per heavy atom. The predicted molar refractivity (Wildman–Crippen MR) is 173 cm³/mol. The van der Waals surface area contributed by atoms with E-state index in [0.717, 1.165) is 11.1 Å². The van der Waals surface area contributed by atoms with Gasteiger partial charge in [0.2, 0.25) is 30.1 Å². The molecule has 1 heterocycles. The van der Waals surface area contributed by atoms with Gasteiger partial charge in [0.1, 0.15) is 18.2 Å². The number of halogens is 2. The number of amides is 4. The summed E-state index contributed by atoms with van der Waals surface area (Å²) in [7, 11) is 0. The molecule has 1 aromatic heterocycles. The number of benzene rings is 1. The second kappa shape index (κ2) is 19.6. The Morgan fingerprint density at radius 2 is 1.43 bits per heavy atom. The molecule has 4 amide bonds. The van der Waals surface area contributed by atoms with Crippen molar-refractivity contribution >= 4 is 23.6 Å². The molecule has 260 valence electrons. The van der Waals surface area contributed by atoms with Crippen LogP contribution in [0.3, 0.4) is 0 Å². The second-order valence-corrected chi connectivity index (χ2v) is 12.3. The van der Waals surface area contributed by atoms with E-state index in [-0.39, 0.29) is 31.2 Å². The van der Waals surface area contributed by atoms with Crippen molar-refractivity contribution in [2.24, 2.45) is 17.8 Å². The molecule has 11 nitrogen and oxygen atoms in total. The highest BCUT2D eigenvalue weighted by Crippen LogP contribution is 2.17. The molecule has 6 N–H and O–H groups in total. The van der Waals surface area contributed by atoms with Crippen molar-refractivity contribution in [1.29, 1.82) is 0 Å². The molecule has 1 aromatic carbocycles. The van der Waals surface area contributed by atoms with Crippen LogP contribution in [0.2, 0.25) is 0 Å². The van der Waals surface area contributed by atoms with Crippen LogP contribution < -0.4 is 21.3 Å². The van der Waals surface area contributed by atoms with E-state index in [2.05, 4.69) is 26.3 Å².